The fourth-order valence-corrected chi connectivity index (χ4v) is 4.34. The van der Waals surface area contributed by atoms with Gasteiger partial charge in [0.05, 0.1) is 12.6 Å². The van der Waals surface area contributed by atoms with Gasteiger partial charge in [0.1, 0.15) is 5.82 Å². The zero-order valence-corrected chi connectivity index (χ0v) is 19.3. The van der Waals surface area contributed by atoms with E-state index in [9.17, 15) is 9.59 Å². The Morgan fingerprint density at radius 3 is 2.42 bits per heavy atom. The van der Waals surface area contributed by atoms with Gasteiger partial charge in [0.2, 0.25) is 17.8 Å². The van der Waals surface area contributed by atoms with Crippen molar-refractivity contribution < 1.29 is 9.59 Å². The molecule has 1 aromatic carbocycles. The Kier molecular flexibility index (Phi) is 5.49. The maximum Gasteiger partial charge on any atom is 0.254 e. The van der Waals surface area contributed by atoms with E-state index in [0.29, 0.717) is 28.7 Å². The van der Waals surface area contributed by atoms with Crippen LogP contribution < -0.4 is 20.4 Å². The van der Waals surface area contributed by atoms with Crippen molar-refractivity contribution in [3.8, 4) is 0 Å². The molecule has 2 aliphatic rings. The number of pyridine rings is 1. The number of benzene rings is 1. The van der Waals surface area contributed by atoms with E-state index in [1.54, 1.807) is 23.0 Å². The van der Waals surface area contributed by atoms with Crippen molar-refractivity contribution in [1.82, 2.24) is 29.9 Å². The number of anilines is 4. The van der Waals surface area contributed by atoms with Crippen LogP contribution in [0.2, 0.25) is 0 Å². The van der Waals surface area contributed by atoms with Gasteiger partial charge >= 0.3 is 0 Å². The molecule has 4 aromatic rings. The predicted molar refractivity (Wildman–Crippen MR) is 135 cm³/mol. The summed E-state index contributed by atoms with van der Waals surface area (Å²) in [6.45, 7) is 3.01. The van der Waals surface area contributed by atoms with E-state index >= 15 is 0 Å². The number of rotatable bonds is 5. The number of hydrogen-bond donors (Lipinski definition) is 2. The number of nitrogens with one attached hydrogen (secondary N) is 2. The number of imide groups is 1. The molecule has 180 valence electrons. The van der Waals surface area contributed by atoms with Gasteiger partial charge < -0.3 is 15.1 Å². The molecular weight excluding hydrogens is 458 g/mol. The quantitative estimate of drug-likeness (QED) is 0.326. The fourth-order valence-electron chi connectivity index (χ4n) is 4.34. The summed E-state index contributed by atoms with van der Waals surface area (Å²) in [5.74, 6) is 1.32. The summed E-state index contributed by atoms with van der Waals surface area (Å²) in [5, 5.41) is 10.1. The molecule has 5 heterocycles. The molecule has 2 saturated heterocycles. The average Bonchev–Trinajstić information content (AvgIpc) is 3.47. The number of carbonyl (C=O) groups is 2. The van der Waals surface area contributed by atoms with Gasteiger partial charge in [-0.2, -0.15) is 19.6 Å². The number of para-hydroxylation sites is 1. The monoisotopic (exact) mass is 481 g/mol. The highest BCUT2D eigenvalue weighted by molar-refractivity contribution is 6.15. The molecule has 11 heteroatoms. The summed E-state index contributed by atoms with van der Waals surface area (Å²) in [4.78, 5) is 42.2. The van der Waals surface area contributed by atoms with Gasteiger partial charge in [-0.15, -0.1) is 0 Å². The Morgan fingerprint density at radius 1 is 0.917 bits per heavy atom. The highest BCUT2D eigenvalue weighted by Crippen LogP contribution is 2.25. The van der Waals surface area contributed by atoms with Gasteiger partial charge in [-0.25, -0.2) is 4.98 Å². The molecule has 2 fully saturated rings. The molecule has 0 aliphatic carbocycles. The van der Waals surface area contributed by atoms with Crippen LogP contribution in [0, 0.1) is 0 Å². The topological polar surface area (TPSA) is 121 Å². The lowest BCUT2D eigenvalue weighted by atomic mass is 10.1. The van der Waals surface area contributed by atoms with Gasteiger partial charge in [-0.1, -0.05) is 24.3 Å². The normalized spacial score (nSPS) is 17.2. The van der Waals surface area contributed by atoms with Crippen LogP contribution >= 0.6 is 0 Å². The number of piperazine rings is 1. The Bertz CT molecular complexity index is 1460. The third-order valence-electron chi connectivity index (χ3n) is 6.17. The van der Waals surface area contributed by atoms with E-state index in [4.69, 9.17) is 9.97 Å². The molecule has 36 heavy (non-hydrogen) atoms. The highest BCUT2D eigenvalue weighted by atomic mass is 16.2. The van der Waals surface area contributed by atoms with Crippen molar-refractivity contribution in [3.63, 3.8) is 0 Å². The molecule has 0 saturated carbocycles. The van der Waals surface area contributed by atoms with E-state index in [2.05, 4.69) is 30.5 Å². The number of hydrogen-bond acceptors (Lipinski definition) is 9. The summed E-state index contributed by atoms with van der Waals surface area (Å²) in [7, 11) is 0. The van der Waals surface area contributed by atoms with Crippen LogP contribution in [0.1, 0.15) is 12.0 Å². The number of aromatic nitrogens is 5. The molecule has 0 radical (unpaired) electrons. The number of nitrogens with zero attached hydrogens (tertiary/aromatic N) is 7. The summed E-state index contributed by atoms with van der Waals surface area (Å²) < 4.78 is 1.61. The van der Waals surface area contributed by atoms with Gasteiger partial charge in [0, 0.05) is 49.2 Å². The Labute approximate surface area is 206 Å². The summed E-state index contributed by atoms with van der Waals surface area (Å²) >= 11 is 0. The highest BCUT2D eigenvalue weighted by Gasteiger charge is 2.26. The zero-order chi connectivity index (χ0) is 24.5. The van der Waals surface area contributed by atoms with Crippen LogP contribution in [0.25, 0.3) is 11.7 Å². The largest absolute Gasteiger partial charge is 0.353 e. The number of amides is 2. The second-order valence-electron chi connectivity index (χ2n) is 8.56. The van der Waals surface area contributed by atoms with Crippen LogP contribution in [0.5, 0.6) is 0 Å². The zero-order valence-electron chi connectivity index (χ0n) is 19.3. The standard InChI is InChI=1S/C25H23N9O2/c35-21-15-17(23(36)29-21)14-18-16-27-34-22(18)30-24(31-25(34)28-19-6-2-1-3-7-19)33-12-10-32(11-13-33)20-8-4-5-9-26-20/h1-9,14,16H,10-13,15H2,(H,28,30,31)(H,29,35,36)/b17-14+. The summed E-state index contributed by atoms with van der Waals surface area (Å²) in [6, 6.07) is 15.6. The minimum Gasteiger partial charge on any atom is -0.353 e. The first-order valence-electron chi connectivity index (χ1n) is 11.7. The third kappa shape index (κ3) is 4.22. The van der Waals surface area contributed by atoms with E-state index in [1.807, 2.05) is 48.5 Å². The first-order chi connectivity index (χ1) is 17.6. The number of carbonyl (C=O) groups excluding carboxylic acids is 2. The fraction of sp³-hybridized carbons (Fsp3) is 0.200. The Balaban J connectivity index is 1.35. The molecule has 2 N–H and O–H groups in total. The second kappa shape index (κ2) is 9.10. The first-order valence-corrected chi connectivity index (χ1v) is 11.7. The van der Waals surface area contributed by atoms with E-state index in [-0.39, 0.29) is 18.2 Å². The maximum absolute atomic E-state index is 12.1. The summed E-state index contributed by atoms with van der Waals surface area (Å²) in [6.07, 6.45) is 5.14. The van der Waals surface area contributed by atoms with E-state index in [1.165, 1.54) is 0 Å². The van der Waals surface area contributed by atoms with Crippen LogP contribution in [0.3, 0.4) is 0 Å². The van der Waals surface area contributed by atoms with E-state index in [0.717, 1.165) is 37.7 Å². The van der Waals surface area contributed by atoms with E-state index < -0.39 is 0 Å². The van der Waals surface area contributed by atoms with Gasteiger partial charge in [-0.3, -0.25) is 14.9 Å². The van der Waals surface area contributed by atoms with Crippen LogP contribution in [-0.4, -0.2) is 62.6 Å². The van der Waals surface area contributed by atoms with Crippen molar-refractivity contribution in [1.29, 1.82) is 0 Å². The minimum absolute atomic E-state index is 0.0404. The average molecular weight is 482 g/mol. The van der Waals surface area contributed by atoms with Crippen molar-refractivity contribution in [2.45, 2.75) is 6.42 Å². The molecule has 0 unspecified atom stereocenters. The van der Waals surface area contributed by atoms with Crippen molar-refractivity contribution in [2.75, 3.05) is 41.3 Å². The molecule has 0 spiro atoms. The second-order valence-corrected chi connectivity index (χ2v) is 8.56. The first kappa shape index (κ1) is 21.7. The van der Waals surface area contributed by atoms with Gasteiger partial charge in [-0.05, 0) is 30.3 Å². The van der Waals surface area contributed by atoms with Crippen LogP contribution in [0.15, 0.2) is 66.5 Å². The molecule has 0 atom stereocenters. The Hall–Kier alpha value is -4.80. The van der Waals surface area contributed by atoms with Gasteiger partial charge in [0.15, 0.2) is 5.65 Å². The van der Waals surface area contributed by atoms with Crippen molar-refractivity contribution >= 4 is 46.9 Å². The molecule has 11 nitrogen and oxygen atoms in total. The Morgan fingerprint density at radius 2 is 1.69 bits per heavy atom. The number of fused-ring (bicyclic) bond motifs is 1. The SMILES string of the molecule is O=C1C/C(=C\c2cnn3c(Nc4ccccc4)nc(N4CCN(c5ccccn5)CC4)nc23)C(=O)N1. The maximum atomic E-state index is 12.1. The molecular formula is C25H23N9O2. The predicted octanol–water partition coefficient (Wildman–Crippen LogP) is 2.02. The molecule has 6 rings (SSSR count). The lowest BCUT2D eigenvalue weighted by molar-refractivity contribution is -0.124. The third-order valence-corrected chi connectivity index (χ3v) is 6.17. The smallest absolute Gasteiger partial charge is 0.254 e. The van der Waals surface area contributed by atoms with Crippen molar-refractivity contribution in [3.05, 3.63) is 72.1 Å². The van der Waals surface area contributed by atoms with Crippen LogP contribution in [-0.2, 0) is 9.59 Å². The molecule has 0 bridgehead atoms. The summed E-state index contributed by atoms with van der Waals surface area (Å²) in [5.41, 5.74) is 2.43. The minimum atomic E-state index is -0.387. The lowest BCUT2D eigenvalue weighted by Gasteiger charge is -2.35. The lowest BCUT2D eigenvalue weighted by Crippen LogP contribution is -2.47. The van der Waals surface area contributed by atoms with Crippen molar-refractivity contribution in [2.24, 2.45) is 0 Å². The molecule has 2 amide bonds. The molecule has 2 aliphatic heterocycles. The van der Waals surface area contributed by atoms with Gasteiger partial charge in [0.25, 0.3) is 5.91 Å². The molecule has 3 aromatic heterocycles. The van der Waals surface area contributed by atoms with Crippen LogP contribution in [0.4, 0.5) is 23.4 Å².